The summed E-state index contributed by atoms with van der Waals surface area (Å²) in [7, 11) is 0. The van der Waals surface area contributed by atoms with E-state index in [1.54, 1.807) is 18.2 Å². The molecule has 17 heavy (non-hydrogen) atoms. The molecule has 0 aliphatic rings. The van der Waals surface area contributed by atoms with Crippen LogP contribution in [0, 0.1) is 0 Å². The number of carbonyl (C=O) groups is 1. The second-order valence-corrected chi connectivity index (χ2v) is 3.26. The van der Waals surface area contributed by atoms with Crippen molar-refractivity contribution < 1.29 is 18.7 Å². The Bertz CT molecular complexity index is 502. The van der Waals surface area contributed by atoms with Crippen molar-refractivity contribution in [3.05, 3.63) is 42.2 Å². The monoisotopic (exact) mass is 232 g/mol. The zero-order chi connectivity index (χ0) is 12.1. The largest absolute Gasteiger partial charge is 0.490 e. The van der Waals surface area contributed by atoms with E-state index in [4.69, 9.17) is 13.9 Å². The SMILES string of the molecule is CCOc1ccccc1Oc1ccc(C=O)o1. The summed E-state index contributed by atoms with van der Waals surface area (Å²) < 4.78 is 16.0. The van der Waals surface area contributed by atoms with Gasteiger partial charge in [-0.1, -0.05) is 12.1 Å². The van der Waals surface area contributed by atoms with Gasteiger partial charge in [-0.2, -0.15) is 0 Å². The summed E-state index contributed by atoms with van der Waals surface area (Å²) in [5, 5.41) is 0. The molecule has 1 aromatic carbocycles. The molecule has 1 heterocycles. The number of rotatable bonds is 5. The smallest absolute Gasteiger partial charge is 0.290 e. The minimum atomic E-state index is 0.230. The van der Waals surface area contributed by atoms with Crippen molar-refractivity contribution in [1.82, 2.24) is 0 Å². The van der Waals surface area contributed by atoms with E-state index in [0.717, 1.165) is 0 Å². The lowest BCUT2D eigenvalue weighted by molar-refractivity contribution is 0.109. The Morgan fingerprint density at radius 3 is 2.59 bits per heavy atom. The molecule has 0 atom stereocenters. The van der Waals surface area contributed by atoms with Gasteiger partial charge >= 0.3 is 0 Å². The van der Waals surface area contributed by atoms with Gasteiger partial charge in [0.2, 0.25) is 0 Å². The zero-order valence-electron chi connectivity index (χ0n) is 9.38. The molecule has 0 saturated heterocycles. The van der Waals surface area contributed by atoms with Crippen LogP contribution in [-0.4, -0.2) is 12.9 Å². The summed E-state index contributed by atoms with van der Waals surface area (Å²) in [5.74, 6) is 1.69. The molecule has 0 unspecified atom stereocenters. The van der Waals surface area contributed by atoms with Gasteiger partial charge in [0.15, 0.2) is 23.5 Å². The third-order valence-electron chi connectivity index (χ3n) is 2.08. The van der Waals surface area contributed by atoms with Crippen molar-refractivity contribution in [2.24, 2.45) is 0 Å². The molecular formula is C13H12O4. The lowest BCUT2D eigenvalue weighted by atomic mass is 10.3. The summed E-state index contributed by atoms with van der Waals surface area (Å²) >= 11 is 0. The van der Waals surface area contributed by atoms with Crippen LogP contribution in [0.5, 0.6) is 17.4 Å². The van der Waals surface area contributed by atoms with Gasteiger partial charge in [-0.15, -0.1) is 0 Å². The number of furan rings is 1. The summed E-state index contributed by atoms with van der Waals surface area (Å²) in [6.07, 6.45) is 0.626. The molecule has 0 bridgehead atoms. The number of hydrogen-bond donors (Lipinski definition) is 0. The molecule has 2 rings (SSSR count). The Kier molecular flexibility index (Phi) is 3.45. The fourth-order valence-corrected chi connectivity index (χ4v) is 1.37. The van der Waals surface area contributed by atoms with E-state index in [9.17, 15) is 4.79 Å². The molecule has 0 aliphatic carbocycles. The molecule has 0 aliphatic heterocycles. The third-order valence-corrected chi connectivity index (χ3v) is 2.08. The summed E-state index contributed by atoms with van der Waals surface area (Å²) in [5.41, 5.74) is 0. The second-order valence-electron chi connectivity index (χ2n) is 3.26. The van der Waals surface area contributed by atoms with Crippen molar-refractivity contribution in [2.75, 3.05) is 6.61 Å². The number of aldehydes is 1. The Balaban J connectivity index is 2.19. The van der Waals surface area contributed by atoms with E-state index in [1.165, 1.54) is 0 Å². The van der Waals surface area contributed by atoms with Gasteiger partial charge in [-0.3, -0.25) is 4.79 Å². The molecule has 0 spiro atoms. The van der Waals surface area contributed by atoms with Gasteiger partial charge in [-0.05, 0) is 25.1 Å². The minimum Gasteiger partial charge on any atom is -0.490 e. The van der Waals surface area contributed by atoms with E-state index in [-0.39, 0.29) is 11.7 Å². The minimum absolute atomic E-state index is 0.230. The second kappa shape index (κ2) is 5.21. The maximum atomic E-state index is 10.5. The first-order valence-corrected chi connectivity index (χ1v) is 5.28. The zero-order valence-corrected chi connectivity index (χ0v) is 9.38. The molecule has 0 amide bonds. The fraction of sp³-hybridized carbons (Fsp3) is 0.154. The number of hydrogen-bond acceptors (Lipinski definition) is 4. The van der Waals surface area contributed by atoms with Gasteiger partial charge in [0, 0.05) is 6.07 Å². The highest BCUT2D eigenvalue weighted by atomic mass is 16.6. The molecule has 2 aromatic rings. The van der Waals surface area contributed by atoms with Crippen LogP contribution in [0.1, 0.15) is 17.5 Å². The van der Waals surface area contributed by atoms with Gasteiger partial charge in [0.25, 0.3) is 5.95 Å². The van der Waals surface area contributed by atoms with Gasteiger partial charge in [0.1, 0.15) is 0 Å². The van der Waals surface area contributed by atoms with E-state index in [2.05, 4.69) is 0 Å². The first kappa shape index (κ1) is 11.3. The summed E-state index contributed by atoms with van der Waals surface area (Å²) in [6.45, 7) is 2.45. The quantitative estimate of drug-likeness (QED) is 0.742. The normalized spacial score (nSPS) is 9.94. The molecule has 88 valence electrons. The first-order chi connectivity index (χ1) is 8.33. The van der Waals surface area contributed by atoms with Crippen LogP contribution in [-0.2, 0) is 0 Å². The molecule has 4 heteroatoms. The number of para-hydroxylation sites is 2. The van der Waals surface area contributed by atoms with Gasteiger partial charge < -0.3 is 13.9 Å². The van der Waals surface area contributed by atoms with E-state index >= 15 is 0 Å². The lowest BCUT2D eigenvalue weighted by Crippen LogP contribution is -1.94. The van der Waals surface area contributed by atoms with Crippen LogP contribution in [0.15, 0.2) is 40.8 Å². The predicted octanol–water partition coefficient (Wildman–Crippen LogP) is 3.28. The van der Waals surface area contributed by atoms with Crippen LogP contribution in [0.4, 0.5) is 0 Å². The molecule has 1 aromatic heterocycles. The number of ether oxygens (including phenoxy) is 2. The Labute approximate surface area is 98.8 Å². The maximum Gasteiger partial charge on any atom is 0.290 e. The summed E-state index contributed by atoms with van der Waals surface area (Å²) in [6, 6.07) is 10.4. The predicted molar refractivity (Wildman–Crippen MR) is 61.8 cm³/mol. The highest BCUT2D eigenvalue weighted by Gasteiger charge is 2.08. The lowest BCUT2D eigenvalue weighted by Gasteiger charge is -2.08. The van der Waals surface area contributed by atoms with Crippen molar-refractivity contribution in [3.63, 3.8) is 0 Å². The first-order valence-electron chi connectivity index (χ1n) is 5.28. The van der Waals surface area contributed by atoms with Gasteiger partial charge in [-0.25, -0.2) is 0 Å². The average molecular weight is 232 g/mol. The van der Waals surface area contributed by atoms with Crippen LogP contribution < -0.4 is 9.47 Å². The molecular weight excluding hydrogens is 220 g/mol. The van der Waals surface area contributed by atoms with Crippen LogP contribution in [0.3, 0.4) is 0 Å². The highest BCUT2D eigenvalue weighted by Crippen LogP contribution is 2.31. The Hall–Kier alpha value is -2.23. The van der Waals surface area contributed by atoms with E-state index in [1.807, 2.05) is 25.1 Å². The average Bonchev–Trinajstić information content (AvgIpc) is 2.80. The van der Waals surface area contributed by atoms with E-state index < -0.39 is 0 Å². The van der Waals surface area contributed by atoms with E-state index in [0.29, 0.717) is 24.4 Å². The topological polar surface area (TPSA) is 48.7 Å². The van der Waals surface area contributed by atoms with Crippen molar-refractivity contribution in [1.29, 1.82) is 0 Å². The van der Waals surface area contributed by atoms with Crippen LogP contribution in [0.2, 0.25) is 0 Å². The summed E-state index contributed by atoms with van der Waals surface area (Å²) in [4.78, 5) is 10.5. The molecule has 0 radical (unpaired) electrons. The van der Waals surface area contributed by atoms with Crippen LogP contribution >= 0.6 is 0 Å². The Morgan fingerprint density at radius 1 is 1.18 bits per heavy atom. The van der Waals surface area contributed by atoms with Crippen molar-refractivity contribution in [3.8, 4) is 17.4 Å². The fourth-order valence-electron chi connectivity index (χ4n) is 1.37. The standard InChI is InChI=1S/C13H12O4/c1-2-15-11-5-3-4-6-12(11)17-13-8-7-10(9-14)16-13/h3-9H,2H2,1H3. The Morgan fingerprint density at radius 2 is 1.94 bits per heavy atom. The molecule has 4 nitrogen and oxygen atoms in total. The molecule has 0 saturated carbocycles. The third kappa shape index (κ3) is 2.66. The number of benzene rings is 1. The van der Waals surface area contributed by atoms with Crippen LogP contribution in [0.25, 0.3) is 0 Å². The molecule has 0 fully saturated rings. The highest BCUT2D eigenvalue weighted by molar-refractivity contribution is 5.70. The van der Waals surface area contributed by atoms with Crippen molar-refractivity contribution >= 4 is 6.29 Å². The van der Waals surface area contributed by atoms with Gasteiger partial charge in [0.05, 0.1) is 6.61 Å². The molecule has 0 N–H and O–H groups in total. The van der Waals surface area contributed by atoms with Crippen molar-refractivity contribution in [2.45, 2.75) is 6.92 Å². The maximum absolute atomic E-state index is 10.5. The number of carbonyl (C=O) groups excluding carboxylic acids is 1.